The summed E-state index contributed by atoms with van der Waals surface area (Å²) in [6.07, 6.45) is 0. The van der Waals surface area contributed by atoms with Gasteiger partial charge in [-0.2, -0.15) is 0 Å². The molecular weight excluding hydrogens is 246 g/mol. The summed E-state index contributed by atoms with van der Waals surface area (Å²) in [5, 5.41) is 0. The van der Waals surface area contributed by atoms with E-state index in [1.807, 2.05) is 13.0 Å². The molecule has 3 nitrogen and oxygen atoms in total. The highest BCUT2D eigenvalue weighted by molar-refractivity contribution is 9.10. The molecule has 0 radical (unpaired) electrons. The molecule has 0 heterocycles. The maximum absolute atomic E-state index is 11.5. The number of ether oxygens (including phenoxy) is 1. The first-order chi connectivity index (χ1) is 6.56. The highest BCUT2D eigenvalue weighted by Gasteiger charge is 2.15. The Kier molecular flexibility index (Phi) is 3.52. The fraction of sp³-hybridized carbons (Fsp3) is 0.300. The zero-order valence-corrected chi connectivity index (χ0v) is 9.72. The van der Waals surface area contributed by atoms with Gasteiger partial charge in [0.15, 0.2) is 0 Å². The maximum Gasteiger partial charge on any atom is 0.341 e. The van der Waals surface area contributed by atoms with Gasteiger partial charge in [0.25, 0.3) is 0 Å². The van der Waals surface area contributed by atoms with Crippen LogP contribution in [0.2, 0.25) is 0 Å². The number of anilines is 1. The first kappa shape index (κ1) is 11.0. The van der Waals surface area contributed by atoms with E-state index < -0.39 is 5.97 Å². The summed E-state index contributed by atoms with van der Waals surface area (Å²) in [6.45, 7) is 4.02. The Balaban J connectivity index is 3.14. The lowest BCUT2D eigenvalue weighted by molar-refractivity contribution is 0.0526. The van der Waals surface area contributed by atoms with E-state index in [1.165, 1.54) is 0 Å². The van der Waals surface area contributed by atoms with Gasteiger partial charge in [0.05, 0.1) is 12.2 Å². The summed E-state index contributed by atoms with van der Waals surface area (Å²) in [4.78, 5) is 11.5. The van der Waals surface area contributed by atoms with Crippen molar-refractivity contribution in [2.75, 3.05) is 12.3 Å². The van der Waals surface area contributed by atoms with Crippen LogP contribution in [0.3, 0.4) is 0 Å². The second-order valence-electron chi connectivity index (χ2n) is 2.93. The molecule has 76 valence electrons. The van der Waals surface area contributed by atoms with Crippen LogP contribution in [0.1, 0.15) is 22.8 Å². The van der Waals surface area contributed by atoms with Crippen molar-refractivity contribution in [2.45, 2.75) is 13.8 Å². The minimum Gasteiger partial charge on any atom is -0.462 e. The minimum absolute atomic E-state index is 0.346. The highest BCUT2D eigenvalue weighted by atomic mass is 79.9. The molecule has 0 fully saturated rings. The van der Waals surface area contributed by atoms with Crippen molar-refractivity contribution in [1.82, 2.24) is 0 Å². The molecule has 1 aromatic carbocycles. The molecule has 0 atom stereocenters. The first-order valence-corrected chi connectivity index (χ1v) is 5.08. The van der Waals surface area contributed by atoms with Crippen LogP contribution >= 0.6 is 15.9 Å². The van der Waals surface area contributed by atoms with Crippen molar-refractivity contribution in [3.63, 3.8) is 0 Å². The quantitative estimate of drug-likeness (QED) is 0.655. The predicted molar refractivity (Wildman–Crippen MR) is 59.2 cm³/mol. The number of nitrogens with two attached hydrogens (primary N) is 1. The third-order valence-electron chi connectivity index (χ3n) is 1.74. The van der Waals surface area contributed by atoms with Crippen LogP contribution in [0.5, 0.6) is 0 Å². The maximum atomic E-state index is 11.5. The molecule has 4 heteroatoms. The van der Waals surface area contributed by atoms with Crippen LogP contribution in [-0.2, 0) is 4.74 Å². The molecule has 0 unspecified atom stereocenters. The third kappa shape index (κ3) is 2.26. The summed E-state index contributed by atoms with van der Waals surface area (Å²) in [6, 6.07) is 3.58. The average molecular weight is 258 g/mol. The van der Waals surface area contributed by atoms with E-state index in [2.05, 4.69) is 15.9 Å². The van der Waals surface area contributed by atoms with Crippen LogP contribution in [0.25, 0.3) is 0 Å². The van der Waals surface area contributed by atoms with Gasteiger partial charge in [-0.3, -0.25) is 0 Å². The zero-order chi connectivity index (χ0) is 10.7. The molecule has 0 aliphatic rings. The van der Waals surface area contributed by atoms with Crippen molar-refractivity contribution < 1.29 is 9.53 Å². The van der Waals surface area contributed by atoms with E-state index in [0.717, 1.165) is 5.56 Å². The molecule has 0 saturated carbocycles. The Morgan fingerprint density at radius 3 is 2.71 bits per heavy atom. The Labute approximate surface area is 91.4 Å². The number of aryl methyl sites for hydroxylation is 1. The highest BCUT2D eigenvalue weighted by Crippen LogP contribution is 2.25. The summed E-state index contributed by atoms with van der Waals surface area (Å²) in [7, 11) is 0. The molecule has 0 bridgehead atoms. The van der Waals surface area contributed by atoms with Gasteiger partial charge in [0, 0.05) is 10.2 Å². The Morgan fingerprint density at radius 1 is 1.57 bits per heavy atom. The monoisotopic (exact) mass is 257 g/mol. The summed E-state index contributed by atoms with van der Waals surface area (Å²) >= 11 is 3.29. The number of hydrogen-bond acceptors (Lipinski definition) is 3. The van der Waals surface area contributed by atoms with Crippen LogP contribution < -0.4 is 5.73 Å². The second-order valence-corrected chi connectivity index (χ2v) is 3.79. The summed E-state index contributed by atoms with van der Waals surface area (Å²) < 4.78 is 5.56. The number of benzene rings is 1. The van der Waals surface area contributed by atoms with Crippen molar-refractivity contribution in [3.05, 3.63) is 27.7 Å². The fourth-order valence-corrected chi connectivity index (χ4v) is 1.94. The number of nitrogen functional groups attached to an aromatic ring is 1. The van der Waals surface area contributed by atoms with Crippen molar-refractivity contribution in [2.24, 2.45) is 0 Å². The molecular formula is C10H12BrNO2. The number of esters is 1. The predicted octanol–water partition coefficient (Wildman–Crippen LogP) is 2.52. The van der Waals surface area contributed by atoms with Gasteiger partial charge in [-0.05, 0) is 47.5 Å². The van der Waals surface area contributed by atoms with Gasteiger partial charge in [-0.1, -0.05) is 0 Å². The number of rotatable bonds is 2. The normalized spacial score (nSPS) is 9.93. The number of hydrogen-bond donors (Lipinski definition) is 1. The molecule has 1 rings (SSSR count). The van der Waals surface area contributed by atoms with E-state index >= 15 is 0 Å². The van der Waals surface area contributed by atoms with Crippen LogP contribution in [0, 0.1) is 6.92 Å². The van der Waals surface area contributed by atoms with E-state index in [-0.39, 0.29) is 0 Å². The van der Waals surface area contributed by atoms with Crippen molar-refractivity contribution >= 4 is 27.6 Å². The smallest absolute Gasteiger partial charge is 0.341 e. The molecule has 0 spiro atoms. The lowest BCUT2D eigenvalue weighted by Gasteiger charge is -2.08. The van der Waals surface area contributed by atoms with Gasteiger partial charge < -0.3 is 10.5 Å². The lowest BCUT2D eigenvalue weighted by atomic mass is 10.1. The standard InChI is InChI=1S/C10H12BrNO2/c1-3-14-10(13)9-7(11)4-6(2)5-8(9)12/h4-5H,3,12H2,1-2H3. The van der Waals surface area contributed by atoms with Crippen molar-refractivity contribution in [3.8, 4) is 0 Å². The first-order valence-electron chi connectivity index (χ1n) is 4.29. The number of carbonyl (C=O) groups is 1. The van der Waals surface area contributed by atoms with E-state index in [1.54, 1.807) is 13.0 Å². The SMILES string of the molecule is CCOC(=O)c1c(N)cc(C)cc1Br. The summed E-state index contributed by atoms with van der Waals surface area (Å²) in [5.74, 6) is -0.392. The Hall–Kier alpha value is -1.03. The average Bonchev–Trinajstić information content (AvgIpc) is 2.01. The van der Waals surface area contributed by atoms with Crippen LogP contribution in [0.4, 0.5) is 5.69 Å². The summed E-state index contributed by atoms with van der Waals surface area (Å²) in [5.41, 5.74) is 7.57. The van der Waals surface area contributed by atoms with Crippen molar-refractivity contribution in [1.29, 1.82) is 0 Å². The molecule has 2 N–H and O–H groups in total. The largest absolute Gasteiger partial charge is 0.462 e. The topological polar surface area (TPSA) is 52.3 Å². The van der Waals surface area contributed by atoms with Crippen LogP contribution in [0.15, 0.2) is 16.6 Å². The molecule has 0 aliphatic heterocycles. The molecule has 0 saturated heterocycles. The lowest BCUT2D eigenvalue weighted by Crippen LogP contribution is -2.09. The third-order valence-corrected chi connectivity index (χ3v) is 2.37. The van der Waals surface area contributed by atoms with E-state index in [4.69, 9.17) is 10.5 Å². The van der Waals surface area contributed by atoms with Gasteiger partial charge in [-0.25, -0.2) is 4.79 Å². The van der Waals surface area contributed by atoms with E-state index in [9.17, 15) is 4.79 Å². The van der Waals surface area contributed by atoms with Gasteiger partial charge in [0.2, 0.25) is 0 Å². The zero-order valence-electron chi connectivity index (χ0n) is 8.13. The minimum atomic E-state index is -0.392. The van der Waals surface area contributed by atoms with Gasteiger partial charge >= 0.3 is 5.97 Å². The molecule has 0 aliphatic carbocycles. The number of carbonyl (C=O) groups excluding carboxylic acids is 1. The van der Waals surface area contributed by atoms with Gasteiger partial charge in [-0.15, -0.1) is 0 Å². The molecule has 0 amide bonds. The Bertz CT molecular complexity index is 340. The molecule has 1 aromatic rings. The van der Waals surface area contributed by atoms with Gasteiger partial charge in [0.1, 0.15) is 0 Å². The Morgan fingerprint density at radius 2 is 2.21 bits per heavy atom. The number of halogens is 1. The fourth-order valence-electron chi connectivity index (χ4n) is 1.19. The van der Waals surface area contributed by atoms with E-state index in [0.29, 0.717) is 22.3 Å². The second kappa shape index (κ2) is 4.46. The molecule has 0 aromatic heterocycles. The molecule has 14 heavy (non-hydrogen) atoms. The van der Waals surface area contributed by atoms with Crippen LogP contribution in [-0.4, -0.2) is 12.6 Å².